The van der Waals surface area contributed by atoms with Crippen molar-refractivity contribution in [1.29, 1.82) is 0 Å². The van der Waals surface area contributed by atoms with Crippen LogP contribution in [0.25, 0.3) is 0 Å². The number of nitrogens with zero attached hydrogens (tertiary/aromatic N) is 4. The van der Waals surface area contributed by atoms with Crippen LogP contribution < -0.4 is 5.32 Å². The van der Waals surface area contributed by atoms with Gasteiger partial charge in [0.2, 0.25) is 5.91 Å². The van der Waals surface area contributed by atoms with Crippen LogP contribution in [0, 0.1) is 6.92 Å². The number of halogens is 2. The first-order valence-corrected chi connectivity index (χ1v) is 8.94. The first-order valence-electron chi connectivity index (χ1n) is 7.77. The molecule has 3 rings (SSSR count). The number of nitrogens with one attached hydrogen (secondary N) is 1. The molecule has 0 spiro atoms. The largest absolute Gasteiger partial charge is 0.308 e. The molecule has 0 aliphatic rings. The molecule has 1 N–H and O–H groups in total. The van der Waals surface area contributed by atoms with E-state index in [0.29, 0.717) is 30.4 Å². The lowest BCUT2D eigenvalue weighted by molar-refractivity contribution is -0.116. The smallest absolute Gasteiger partial charge is 0.227 e. The van der Waals surface area contributed by atoms with E-state index in [0.717, 1.165) is 15.7 Å². The molecule has 8 heteroatoms. The summed E-state index contributed by atoms with van der Waals surface area (Å²) in [6, 6.07) is 9.51. The normalized spacial score (nSPS) is 10.8. The maximum Gasteiger partial charge on any atom is 0.227 e. The van der Waals surface area contributed by atoms with Crippen LogP contribution in [0.5, 0.6) is 0 Å². The minimum Gasteiger partial charge on any atom is -0.308 e. The van der Waals surface area contributed by atoms with Crippen LogP contribution in [0.4, 0.5) is 5.82 Å². The van der Waals surface area contributed by atoms with E-state index in [1.165, 1.54) is 0 Å². The zero-order chi connectivity index (χ0) is 17.8. The molecule has 0 radical (unpaired) electrons. The third-order valence-corrected chi connectivity index (χ3v) is 4.69. The molecule has 1 aromatic carbocycles. The van der Waals surface area contributed by atoms with Gasteiger partial charge in [-0.25, -0.2) is 0 Å². The van der Waals surface area contributed by atoms with Gasteiger partial charge in [-0.05, 0) is 40.5 Å². The van der Waals surface area contributed by atoms with Gasteiger partial charge in [0.25, 0.3) is 0 Å². The fourth-order valence-electron chi connectivity index (χ4n) is 2.40. The molecule has 2 heterocycles. The van der Waals surface area contributed by atoms with Crippen molar-refractivity contribution in [3.05, 3.63) is 63.5 Å². The average Bonchev–Trinajstić information content (AvgIpc) is 3.13. The van der Waals surface area contributed by atoms with Crippen LogP contribution >= 0.6 is 27.5 Å². The Bertz CT molecular complexity index is 889. The number of aryl methyl sites for hydroxylation is 2. The second-order valence-electron chi connectivity index (χ2n) is 5.61. The number of aromatic nitrogens is 4. The summed E-state index contributed by atoms with van der Waals surface area (Å²) in [5.74, 6) is 0.382. The minimum atomic E-state index is -0.112. The zero-order valence-corrected chi connectivity index (χ0v) is 16.0. The molecular weight excluding hydrogens is 406 g/mol. The van der Waals surface area contributed by atoms with Crippen LogP contribution in [-0.4, -0.2) is 25.5 Å². The molecule has 3 aromatic rings. The lowest BCUT2D eigenvalue weighted by Gasteiger charge is -2.05. The van der Waals surface area contributed by atoms with Crippen molar-refractivity contribution in [2.24, 2.45) is 0 Å². The Kier molecular flexibility index (Phi) is 5.55. The van der Waals surface area contributed by atoms with Gasteiger partial charge in [-0.15, -0.1) is 0 Å². The number of hydrogen-bond acceptors (Lipinski definition) is 3. The molecule has 6 nitrogen and oxygen atoms in total. The predicted octanol–water partition coefficient (Wildman–Crippen LogP) is 3.88. The summed E-state index contributed by atoms with van der Waals surface area (Å²) in [4.78, 5) is 12.1. The van der Waals surface area contributed by atoms with Gasteiger partial charge in [0.1, 0.15) is 0 Å². The predicted molar refractivity (Wildman–Crippen MR) is 101 cm³/mol. The molecule has 0 unspecified atom stereocenters. The third kappa shape index (κ3) is 4.49. The molecule has 0 atom stereocenters. The highest BCUT2D eigenvalue weighted by Crippen LogP contribution is 2.22. The number of hydrogen-bond donors (Lipinski definition) is 1. The highest BCUT2D eigenvalue weighted by Gasteiger charge is 2.12. The van der Waals surface area contributed by atoms with Crippen molar-refractivity contribution >= 4 is 39.3 Å². The molecule has 2 aromatic heterocycles. The quantitative estimate of drug-likeness (QED) is 0.655. The van der Waals surface area contributed by atoms with Gasteiger partial charge in [-0.3, -0.25) is 14.2 Å². The summed E-state index contributed by atoms with van der Waals surface area (Å²) in [5, 5.41) is 12.1. The van der Waals surface area contributed by atoms with Gasteiger partial charge in [0.05, 0.1) is 11.0 Å². The van der Waals surface area contributed by atoms with E-state index in [1.54, 1.807) is 15.6 Å². The number of rotatable bonds is 6. The Morgan fingerprint density at radius 3 is 2.84 bits per heavy atom. The van der Waals surface area contributed by atoms with Gasteiger partial charge >= 0.3 is 0 Å². The lowest BCUT2D eigenvalue weighted by atomic mass is 10.2. The summed E-state index contributed by atoms with van der Waals surface area (Å²) in [6.45, 7) is 3.01. The fraction of sp³-hybridized carbons (Fsp3) is 0.235. The standard InChI is InChI=1S/C17H17BrClN5O/c1-12-6-8-20-24(12)9-7-16(25)21-17-14(18)11-23(22-17)10-13-4-2-3-5-15(13)19/h2-6,8,11H,7,9-10H2,1H3,(H,21,22,25). The van der Waals surface area contributed by atoms with Crippen LogP contribution in [0.15, 0.2) is 47.2 Å². The Labute approximate surface area is 158 Å². The molecular formula is C17H17BrClN5O. The van der Waals surface area contributed by atoms with E-state index in [2.05, 4.69) is 31.4 Å². The summed E-state index contributed by atoms with van der Waals surface area (Å²) in [7, 11) is 0. The molecule has 0 saturated heterocycles. The van der Waals surface area contributed by atoms with Crippen molar-refractivity contribution in [3.8, 4) is 0 Å². The van der Waals surface area contributed by atoms with Gasteiger partial charge in [-0.1, -0.05) is 29.8 Å². The molecule has 0 aliphatic heterocycles. The molecule has 0 bridgehead atoms. The maximum atomic E-state index is 12.1. The van der Waals surface area contributed by atoms with E-state index in [9.17, 15) is 4.79 Å². The Morgan fingerprint density at radius 2 is 2.12 bits per heavy atom. The average molecular weight is 423 g/mol. The van der Waals surface area contributed by atoms with E-state index < -0.39 is 0 Å². The Morgan fingerprint density at radius 1 is 1.32 bits per heavy atom. The first kappa shape index (κ1) is 17.7. The maximum absolute atomic E-state index is 12.1. The van der Waals surface area contributed by atoms with Crippen molar-refractivity contribution in [1.82, 2.24) is 19.6 Å². The van der Waals surface area contributed by atoms with Crippen molar-refractivity contribution in [2.45, 2.75) is 26.4 Å². The topological polar surface area (TPSA) is 64.7 Å². The van der Waals surface area contributed by atoms with E-state index in [4.69, 9.17) is 11.6 Å². The van der Waals surface area contributed by atoms with Crippen molar-refractivity contribution in [2.75, 3.05) is 5.32 Å². The molecule has 25 heavy (non-hydrogen) atoms. The Balaban J connectivity index is 1.61. The van der Waals surface area contributed by atoms with E-state index in [-0.39, 0.29) is 5.91 Å². The van der Waals surface area contributed by atoms with Gasteiger partial charge in [-0.2, -0.15) is 10.2 Å². The minimum absolute atomic E-state index is 0.112. The van der Waals surface area contributed by atoms with Gasteiger partial charge in [0, 0.05) is 36.1 Å². The number of anilines is 1. The SMILES string of the molecule is Cc1ccnn1CCC(=O)Nc1nn(Cc2ccccc2Cl)cc1Br. The summed E-state index contributed by atoms with van der Waals surface area (Å²) < 4.78 is 4.26. The molecule has 0 aliphatic carbocycles. The molecule has 0 saturated carbocycles. The van der Waals surface area contributed by atoms with Crippen molar-refractivity contribution < 1.29 is 4.79 Å². The van der Waals surface area contributed by atoms with Gasteiger partial charge < -0.3 is 5.32 Å². The first-order chi connectivity index (χ1) is 12.0. The third-order valence-electron chi connectivity index (χ3n) is 3.74. The van der Waals surface area contributed by atoms with Gasteiger partial charge in [0.15, 0.2) is 5.82 Å². The molecule has 130 valence electrons. The van der Waals surface area contributed by atoms with Crippen molar-refractivity contribution in [3.63, 3.8) is 0 Å². The van der Waals surface area contributed by atoms with Crippen LogP contribution in [0.3, 0.4) is 0 Å². The monoisotopic (exact) mass is 421 g/mol. The highest BCUT2D eigenvalue weighted by atomic mass is 79.9. The van der Waals surface area contributed by atoms with E-state index >= 15 is 0 Å². The highest BCUT2D eigenvalue weighted by molar-refractivity contribution is 9.10. The van der Waals surface area contributed by atoms with E-state index in [1.807, 2.05) is 43.5 Å². The number of amides is 1. The van der Waals surface area contributed by atoms with Crippen LogP contribution in [0.2, 0.25) is 5.02 Å². The fourth-order valence-corrected chi connectivity index (χ4v) is 3.01. The Hall–Kier alpha value is -2.12. The summed E-state index contributed by atoms with van der Waals surface area (Å²) in [5.41, 5.74) is 1.99. The molecule has 1 amide bonds. The second-order valence-corrected chi connectivity index (χ2v) is 6.87. The number of benzene rings is 1. The lowest BCUT2D eigenvalue weighted by Crippen LogP contribution is -2.16. The number of carbonyl (C=O) groups excluding carboxylic acids is 1. The number of carbonyl (C=O) groups is 1. The second kappa shape index (κ2) is 7.84. The summed E-state index contributed by atoms with van der Waals surface area (Å²) >= 11 is 9.61. The summed E-state index contributed by atoms with van der Waals surface area (Å²) in [6.07, 6.45) is 3.86. The zero-order valence-electron chi connectivity index (χ0n) is 13.6. The van der Waals surface area contributed by atoms with Crippen LogP contribution in [-0.2, 0) is 17.9 Å². The molecule has 0 fully saturated rings. The van der Waals surface area contributed by atoms with Crippen LogP contribution in [0.1, 0.15) is 17.7 Å².